The number of hydrogen-bond donors (Lipinski definition) is 0. The Bertz CT molecular complexity index is 3450. The van der Waals surface area contributed by atoms with Crippen molar-refractivity contribution in [1.29, 1.82) is 0 Å². The van der Waals surface area contributed by atoms with E-state index in [4.69, 9.17) is 15.0 Å². The first-order valence-corrected chi connectivity index (χ1v) is 20.7. The van der Waals surface area contributed by atoms with Gasteiger partial charge < -0.3 is 4.57 Å². The Hall–Kier alpha value is -6.99. The molecule has 0 aliphatic heterocycles. The van der Waals surface area contributed by atoms with Gasteiger partial charge in [-0.05, 0) is 53.6 Å². The summed E-state index contributed by atoms with van der Waals surface area (Å²) in [4.78, 5) is 15.2. The first-order chi connectivity index (χ1) is 28.3. The molecule has 0 N–H and O–H groups in total. The molecular formula is C51H30N4S2. The number of thiophene rings is 2. The normalized spacial score (nSPS) is 11.9. The van der Waals surface area contributed by atoms with Gasteiger partial charge in [-0.2, -0.15) is 0 Å². The quantitative estimate of drug-likeness (QED) is 0.175. The van der Waals surface area contributed by atoms with Gasteiger partial charge in [-0.25, -0.2) is 15.0 Å². The highest BCUT2D eigenvalue weighted by Crippen LogP contribution is 2.47. The van der Waals surface area contributed by atoms with Crippen LogP contribution in [-0.4, -0.2) is 19.5 Å². The highest BCUT2D eigenvalue weighted by atomic mass is 32.1. The number of nitrogens with zero attached hydrogens (tertiary/aromatic N) is 4. The minimum Gasteiger partial charge on any atom is -0.309 e. The van der Waals surface area contributed by atoms with Gasteiger partial charge in [0.2, 0.25) is 0 Å². The third-order valence-electron chi connectivity index (χ3n) is 11.1. The van der Waals surface area contributed by atoms with E-state index in [2.05, 4.69) is 150 Å². The summed E-state index contributed by atoms with van der Waals surface area (Å²) in [6, 6.07) is 64.8. The Balaban J connectivity index is 1.09. The van der Waals surface area contributed by atoms with Gasteiger partial charge in [0.15, 0.2) is 17.5 Å². The van der Waals surface area contributed by atoms with E-state index in [-0.39, 0.29) is 0 Å². The zero-order valence-electron chi connectivity index (χ0n) is 30.4. The van der Waals surface area contributed by atoms with E-state index in [0.717, 1.165) is 27.1 Å². The highest BCUT2D eigenvalue weighted by Gasteiger charge is 2.21. The monoisotopic (exact) mass is 762 g/mol. The molecule has 0 fully saturated rings. The number of benzene rings is 8. The maximum absolute atomic E-state index is 5.11. The Morgan fingerprint density at radius 1 is 0.351 bits per heavy atom. The topological polar surface area (TPSA) is 43.6 Å². The molecule has 0 spiro atoms. The molecular weight excluding hydrogens is 733 g/mol. The van der Waals surface area contributed by atoms with Crippen LogP contribution in [0, 0.1) is 0 Å². The van der Waals surface area contributed by atoms with Gasteiger partial charge in [0.05, 0.1) is 11.0 Å². The molecule has 0 aliphatic carbocycles. The van der Waals surface area contributed by atoms with E-state index in [0.29, 0.717) is 17.5 Å². The maximum atomic E-state index is 5.11. The lowest BCUT2D eigenvalue weighted by atomic mass is 10.00. The molecule has 0 atom stereocenters. The smallest absolute Gasteiger partial charge is 0.165 e. The van der Waals surface area contributed by atoms with Crippen molar-refractivity contribution >= 4 is 84.8 Å². The van der Waals surface area contributed by atoms with Gasteiger partial charge in [0.25, 0.3) is 0 Å². The lowest BCUT2D eigenvalue weighted by Crippen LogP contribution is -2.00. The molecule has 4 aromatic heterocycles. The van der Waals surface area contributed by atoms with Crippen LogP contribution in [0.3, 0.4) is 0 Å². The van der Waals surface area contributed by atoms with Gasteiger partial charge in [0.1, 0.15) is 0 Å². The number of para-hydroxylation sites is 1. The average Bonchev–Trinajstić information content (AvgIpc) is 3.96. The Morgan fingerprint density at radius 3 is 1.63 bits per heavy atom. The lowest BCUT2D eigenvalue weighted by Gasteiger charge is -2.09. The van der Waals surface area contributed by atoms with Crippen LogP contribution in [0.25, 0.3) is 113 Å². The van der Waals surface area contributed by atoms with Gasteiger partial charge in [-0.3, -0.25) is 0 Å². The SMILES string of the molecule is c1ccc(-c2nc(-c3ccccc3)nc(-c3cccc4c3sc3c(-c5ccc6c(c5)c5c7sc8ccccc8c7ccc5n6-c5ccccc5)cccc34)n2)cc1. The average molecular weight is 763 g/mol. The molecule has 0 unspecified atom stereocenters. The third kappa shape index (κ3) is 5.08. The molecule has 57 heavy (non-hydrogen) atoms. The van der Waals surface area contributed by atoms with Gasteiger partial charge in [-0.1, -0.05) is 140 Å². The summed E-state index contributed by atoms with van der Waals surface area (Å²) in [6.07, 6.45) is 0. The van der Waals surface area contributed by atoms with Crippen molar-refractivity contribution in [3.8, 4) is 51.0 Å². The van der Waals surface area contributed by atoms with E-state index in [1.54, 1.807) is 0 Å². The van der Waals surface area contributed by atoms with E-state index in [1.807, 2.05) is 59.1 Å². The summed E-state index contributed by atoms with van der Waals surface area (Å²) in [7, 11) is 0. The molecule has 8 aromatic carbocycles. The molecule has 0 saturated carbocycles. The summed E-state index contributed by atoms with van der Waals surface area (Å²) >= 11 is 3.71. The van der Waals surface area contributed by atoms with E-state index < -0.39 is 0 Å². The number of aromatic nitrogens is 4. The molecule has 0 aliphatic rings. The fourth-order valence-electron chi connectivity index (χ4n) is 8.46. The minimum atomic E-state index is 0.661. The largest absolute Gasteiger partial charge is 0.309 e. The van der Waals surface area contributed by atoms with E-state index in [1.165, 1.54) is 68.6 Å². The second kappa shape index (κ2) is 12.8. The predicted octanol–water partition coefficient (Wildman–Crippen LogP) is 14.4. The third-order valence-corrected chi connectivity index (χ3v) is 13.6. The van der Waals surface area contributed by atoms with Crippen molar-refractivity contribution in [1.82, 2.24) is 19.5 Å². The molecule has 4 nitrogen and oxygen atoms in total. The summed E-state index contributed by atoms with van der Waals surface area (Å²) in [5.74, 6) is 1.99. The highest BCUT2D eigenvalue weighted by molar-refractivity contribution is 7.27. The Kier molecular flexibility index (Phi) is 7.24. The van der Waals surface area contributed by atoms with E-state index in [9.17, 15) is 0 Å². The van der Waals surface area contributed by atoms with Gasteiger partial charge in [-0.15, -0.1) is 22.7 Å². The lowest BCUT2D eigenvalue weighted by molar-refractivity contribution is 1.08. The van der Waals surface area contributed by atoms with Crippen molar-refractivity contribution in [3.63, 3.8) is 0 Å². The molecule has 0 saturated heterocycles. The van der Waals surface area contributed by atoms with Crippen molar-refractivity contribution in [3.05, 3.63) is 182 Å². The zero-order valence-corrected chi connectivity index (χ0v) is 32.1. The van der Waals surface area contributed by atoms with Crippen LogP contribution in [0.5, 0.6) is 0 Å². The Labute approximate surface area is 335 Å². The van der Waals surface area contributed by atoms with Crippen LogP contribution in [-0.2, 0) is 0 Å². The fourth-order valence-corrected chi connectivity index (χ4v) is 11.1. The van der Waals surface area contributed by atoms with Crippen LogP contribution in [0.15, 0.2) is 182 Å². The maximum Gasteiger partial charge on any atom is 0.165 e. The standard InChI is InChI=1S/C51H30N4S2/c1-4-14-31(15-5-1)49-52-50(32-16-6-2-7-17-32)54-51(53-49)40-24-13-23-38-37-22-12-21-35(46(37)57-47(38)40)33-26-28-42-41(30-33)45-43(55(42)34-18-8-3-9-19-34)29-27-39-36-20-10-11-25-44(36)56-48(39)45/h1-30H. The summed E-state index contributed by atoms with van der Waals surface area (Å²) in [5, 5.41) is 7.61. The van der Waals surface area contributed by atoms with Crippen LogP contribution >= 0.6 is 22.7 Å². The van der Waals surface area contributed by atoms with Crippen LogP contribution in [0.4, 0.5) is 0 Å². The molecule has 4 heterocycles. The molecule has 6 heteroatoms. The molecule has 12 rings (SSSR count). The van der Waals surface area contributed by atoms with Gasteiger partial charge >= 0.3 is 0 Å². The number of rotatable bonds is 5. The molecule has 266 valence electrons. The first-order valence-electron chi connectivity index (χ1n) is 19.0. The van der Waals surface area contributed by atoms with Crippen LogP contribution in [0.1, 0.15) is 0 Å². The van der Waals surface area contributed by atoms with Crippen molar-refractivity contribution in [2.75, 3.05) is 0 Å². The van der Waals surface area contributed by atoms with Crippen molar-refractivity contribution < 1.29 is 0 Å². The molecule has 0 bridgehead atoms. The second-order valence-corrected chi connectivity index (χ2v) is 16.4. The summed E-state index contributed by atoms with van der Waals surface area (Å²) in [5.41, 5.74) is 8.93. The van der Waals surface area contributed by atoms with Crippen LogP contribution < -0.4 is 0 Å². The Morgan fingerprint density at radius 2 is 0.912 bits per heavy atom. The van der Waals surface area contributed by atoms with Crippen LogP contribution in [0.2, 0.25) is 0 Å². The predicted molar refractivity (Wildman–Crippen MR) is 242 cm³/mol. The van der Waals surface area contributed by atoms with E-state index >= 15 is 0 Å². The fraction of sp³-hybridized carbons (Fsp3) is 0. The minimum absolute atomic E-state index is 0.661. The molecule has 0 amide bonds. The van der Waals surface area contributed by atoms with Crippen molar-refractivity contribution in [2.45, 2.75) is 0 Å². The van der Waals surface area contributed by atoms with Crippen molar-refractivity contribution in [2.24, 2.45) is 0 Å². The number of fused-ring (bicyclic) bond motifs is 10. The zero-order chi connectivity index (χ0) is 37.5. The summed E-state index contributed by atoms with van der Waals surface area (Å²) < 4.78 is 7.48. The first kappa shape index (κ1) is 32.3. The summed E-state index contributed by atoms with van der Waals surface area (Å²) in [6.45, 7) is 0. The molecule has 12 aromatic rings. The second-order valence-electron chi connectivity index (χ2n) is 14.3. The van der Waals surface area contributed by atoms with Gasteiger partial charge in [0, 0.05) is 73.5 Å². The molecule has 0 radical (unpaired) electrons. The number of hydrogen-bond acceptors (Lipinski definition) is 5.